The van der Waals surface area contributed by atoms with Gasteiger partial charge in [-0.05, 0) is 29.8 Å². The summed E-state index contributed by atoms with van der Waals surface area (Å²) in [6, 6.07) is 15.9. The number of halogens is 1. The maximum absolute atomic E-state index is 12.4. The van der Waals surface area contributed by atoms with E-state index >= 15 is 0 Å². The van der Waals surface area contributed by atoms with Crippen molar-refractivity contribution >= 4 is 31.6 Å². The molecule has 19 heavy (non-hydrogen) atoms. The van der Waals surface area contributed by atoms with Gasteiger partial charge in [-0.3, -0.25) is 4.31 Å². The summed E-state index contributed by atoms with van der Waals surface area (Å²) < 4.78 is 26.2. The molecule has 0 amide bonds. The smallest absolute Gasteiger partial charge is 0.264 e. The van der Waals surface area contributed by atoms with Crippen LogP contribution in [0.1, 0.15) is 5.56 Å². The molecule has 0 bridgehead atoms. The zero-order chi connectivity index (χ0) is 13.9. The van der Waals surface area contributed by atoms with Crippen molar-refractivity contribution in [2.75, 3.05) is 11.4 Å². The van der Waals surface area contributed by atoms with Crippen LogP contribution >= 0.6 is 15.9 Å². The van der Waals surface area contributed by atoms with Crippen molar-refractivity contribution in [2.45, 2.75) is 10.2 Å². The van der Waals surface area contributed by atoms with E-state index in [0.717, 1.165) is 5.56 Å². The highest BCUT2D eigenvalue weighted by Gasteiger charge is 2.20. The van der Waals surface area contributed by atoms with Gasteiger partial charge in [-0.25, -0.2) is 8.42 Å². The van der Waals surface area contributed by atoms with Crippen molar-refractivity contribution in [1.29, 1.82) is 0 Å². The third-order valence-corrected chi connectivity index (χ3v) is 5.30. The maximum Gasteiger partial charge on any atom is 0.264 e. The van der Waals surface area contributed by atoms with Gasteiger partial charge in [-0.15, -0.1) is 0 Å². The minimum Gasteiger partial charge on any atom is -0.269 e. The third kappa shape index (κ3) is 2.98. The number of hydrogen-bond acceptors (Lipinski definition) is 2. The fraction of sp³-hybridized carbons (Fsp3) is 0.143. The molecule has 2 rings (SSSR count). The first-order chi connectivity index (χ1) is 9.05. The van der Waals surface area contributed by atoms with E-state index in [1.807, 2.05) is 18.2 Å². The molecule has 0 unspecified atom stereocenters. The van der Waals surface area contributed by atoms with Crippen LogP contribution in [-0.2, 0) is 15.4 Å². The lowest BCUT2D eigenvalue weighted by Gasteiger charge is -2.19. The van der Waals surface area contributed by atoms with Crippen molar-refractivity contribution < 1.29 is 8.42 Å². The topological polar surface area (TPSA) is 37.4 Å². The summed E-state index contributed by atoms with van der Waals surface area (Å²) in [7, 11) is -1.94. The molecule has 0 saturated heterocycles. The molecule has 0 radical (unpaired) electrons. The molecule has 0 N–H and O–H groups in total. The summed E-state index contributed by atoms with van der Waals surface area (Å²) in [6.07, 6.45) is 0. The van der Waals surface area contributed by atoms with Gasteiger partial charge in [0.15, 0.2) is 0 Å². The van der Waals surface area contributed by atoms with Crippen LogP contribution in [0.15, 0.2) is 59.5 Å². The van der Waals surface area contributed by atoms with Crippen LogP contribution in [0.25, 0.3) is 0 Å². The summed E-state index contributed by atoms with van der Waals surface area (Å²) in [5.74, 6) is 0. The molecule has 0 fully saturated rings. The Morgan fingerprint density at radius 3 is 2.11 bits per heavy atom. The molecular formula is C14H14BrNO2S. The molecule has 0 spiro atoms. The molecule has 0 aliphatic carbocycles. The van der Waals surface area contributed by atoms with Gasteiger partial charge < -0.3 is 0 Å². The third-order valence-electron chi connectivity index (χ3n) is 2.86. The van der Waals surface area contributed by atoms with Crippen LogP contribution in [0.5, 0.6) is 0 Å². The standard InChI is InChI=1S/C14H14BrNO2S/c1-16(13-5-3-2-4-6-13)19(17,18)14-9-7-12(11-15)8-10-14/h2-10H,11H2,1H3. The Morgan fingerprint density at radius 1 is 1.00 bits per heavy atom. The number of anilines is 1. The number of benzene rings is 2. The van der Waals surface area contributed by atoms with Gasteiger partial charge >= 0.3 is 0 Å². The van der Waals surface area contributed by atoms with Crippen LogP contribution < -0.4 is 4.31 Å². The van der Waals surface area contributed by atoms with Gasteiger partial charge in [-0.1, -0.05) is 46.3 Å². The van der Waals surface area contributed by atoms with E-state index in [0.29, 0.717) is 15.9 Å². The number of hydrogen-bond donors (Lipinski definition) is 0. The molecule has 100 valence electrons. The Morgan fingerprint density at radius 2 is 1.58 bits per heavy atom. The Labute approximate surface area is 122 Å². The Hall–Kier alpha value is -1.33. The minimum absolute atomic E-state index is 0.295. The van der Waals surface area contributed by atoms with Gasteiger partial charge in [-0.2, -0.15) is 0 Å². The summed E-state index contributed by atoms with van der Waals surface area (Å²) in [4.78, 5) is 0.295. The average molecular weight is 340 g/mol. The second-order valence-corrected chi connectivity index (χ2v) is 6.62. The Bertz CT molecular complexity index is 639. The zero-order valence-corrected chi connectivity index (χ0v) is 12.9. The molecule has 2 aromatic rings. The van der Waals surface area contributed by atoms with E-state index in [2.05, 4.69) is 15.9 Å². The zero-order valence-electron chi connectivity index (χ0n) is 10.5. The van der Waals surface area contributed by atoms with Crippen LogP contribution in [0, 0.1) is 0 Å². The lowest BCUT2D eigenvalue weighted by Crippen LogP contribution is -2.26. The number of rotatable bonds is 4. The molecule has 2 aromatic carbocycles. The predicted octanol–water partition coefficient (Wildman–Crippen LogP) is 3.41. The molecule has 0 aliphatic rings. The maximum atomic E-state index is 12.4. The van der Waals surface area contributed by atoms with Gasteiger partial charge in [0.2, 0.25) is 0 Å². The van der Waals surface area contributed by atoms with Gasteiger partial charge in [0.05, 0.1) is 10.6 Å². The molecule has 5 heteroatoms. The quantitative estimate of drug-likeness (QED) is 0.800. The Kier molecular flexibility index (Phi) is 4.27. The first-order valence-electron chi connectivity index (χ1n) is 5.74. The molecule has 0 aliphatic heterocycles. The van der Waals surface area contributed by atoms with Crippen molar-refractivity contribution in [2.24, 2.45) is 0 Å². The lowest BCUT2D eigenvalue weighted by molar-refractivity contribution is 0.594. The fourth-order valence-electron chi connectivity index (χ4n) is 1.69. The van der Waals surface area contributed by atoms with E-state index < -0.39 is 10.0 Å². The fourth-order valence-corrected chi connectivity index (χ4v) is 3.25. The molecule has 3 nitrogen and oxygen atoms in total. The number of alkyl halides is 1. The van der Waals surface area contributed by atoms with Crippen molar-refractivity contribution in [3.05, 3.63) is 60.2 Å². The first kappa shape index (κ1) is 14.1. The minimum atomic E-state index is -3.50. The highest BCUT2D eigenvalue weighted by atomic mass is 79.9. The van der Waals surface area contributed by atoms with E-state index in [1.54, 1.807) is 43.4 Å². The molecule has 0 saturated carbocycles. The number of sulfonamides is 1. The predicted molar refractivity (Wildman–Crippen MR) is 81.1 cm³/mol. The second-order valence-electron chi connectivity index (χ2n) is 4.09. The highest BCUT2D eigenvalue weighted by molar-refractivity contribution is 9.08. The monoisotopic (exact) mass is 339 g/mol. The SMILES string of the molecule is CN(c1ccccc1)S(=O)(=O)c1ccc(CBr)cc1. The summed E-state index contributed by atoms with van der Waals surface area (Å²) >= 11 is 3.34. The van der Waals surface area contributed by atoms with Crippen LogP contribution in [-0.4, -0.2) is 15.5 Å². The highest BCUT2D eigenvalue weighted by Crippen LogP contribution is 2.22. The van der Waals surface area contributed by atoms with Crippen molar-refractivity contribution in [3.8, 4) is 0 Å². The summed E-state index contributed by atoms with van der Waals surface area (Å²) in [6.45, 7) is 0. The molecular weight excluding hydrogens is 326 g/mol. The van der Waals surface area contributed by atoms with E-state index in [4.69, 9.17) is 0 Å². The normalized spacial score (nSPS) is 11.3. The number of nitrogens with zero attached hydrogens (tertiary/aromatic N) is 1. The second kappa shape index (κ2) is 5.75. The largest absolute Gasteiger partial charge is 0.269 e. The Balaban J connectivity index is 2.36. The number of para-hydroxylation sites is 1. The molecule has 0 atom stereocenters. The van der Waals surface area contributed by atoms with Crippen molar-refractivity contribution in [3.63, 3.8) is 0 Å². The van der Waals surface area contributed by atoms with Crippen molar-refractivity contribution in [1.82, 2.24) is 0 Å². The van der Waals surface area contributed by atoms with Crippen LogP contribution in [0.3, 0.4) is 0 Å². The molecule has 0 aromatic heterocycles. The lowest BCUT2D eigenvalue weighted by atomic mass is 10.2. The summed E-state index contributed by atoms with van der Waals surface area (Å²) in [5, 5.41) is 0.710. The van der Waals surface area contributed by atoms with E-state index in [-0.39, 0.29) is 0 Å². The van der Waals surface area contributed by atoms with Gasteiger partial charge in [0.25, 0.3) is 10.0 Å². The first-order valence-corrected chi connectivity index (χ1v) is 8.31. The van der Waals surface area contributed by atoms with E-state index in [1.165, 1.54) is 4.31 Å². The average Bonchev–Trinajstić information content (AvgIpc) is 2.47. The van der Waals surface area contributed by atoms with Gasteiger partial charge in [0, 0.05) is 12.4 Å². The van der Waals surface area contributed by atoms with Crippen LogP contribution in [0.2, 0.25) is 0 Å². The van der Waals surface area contributed by atoms with E-state index in [9.17, 15) is 8.42 Å². The summed E-state index contributed by atoms with van der Waals surface area (Å²) in [5.41, 5.74) is 1.69. The molecule has 0 heterocycles. The van der Waals surface area contributed by atoms with Gasteiger partial charge in [0.1, 0.15) is 0 Å². The van der Waals surface area contributed by atoms with Crippen LogP contribution in [0.4, 0.5) is 5.69 Å².